The van der Waals surface area contributed by atoms with Crippen LogP contribution >= 0.6 is 11.6 Å². The maximum Gasteiger partial charge on any atom is 0.238 e. The zero-order valence-corrected chi connectivity index (χ0v) is 12.7. The Morgan fingerprint density at radius 2 is 2.00 bits per heavy atom. The highest BCUT2D eigenvalue weighted by atomic mass is 35.5. The van der Waals surface area contributed by atoms with E-state index in [4.69, 9.17) is 11.6 Å². The average molecular weight is 291 g/mol. The average Bonchev–Trinajstić information content (AvgIpc) is 2.39. The molecule has 106 valence electrons. The van der Waals surface area contributed by atoms with Gasteiger partial charge in [0.2, 0.25) is 5.91 Å². The highest BCUT2D eigenvalue weighted by Crippen LogP contribution is 2.28. The molecular formula is C16H19ClN2O. The van der Waals surface area contributed by atoms with Crippen molar-refractivity contribution in [3.8, 4) is 6.07 Å². The molecule has 3 nitrogen and oxygen atoms in total. The Hall–Kier alpha value is -1.79. The SMILES string of the molecule is C=CC(C)(C)C(C#N)C(=O)NC(C)c1ccc(Cl)cc1. The van der Waals surface area contributed by atoms with Gasteiger partial charge < -0.3 is 5.32 Å². The number of carbonyl (C=O) groups is 1. The van der Waals surface area contributed by atoms with Crippen LogP contribution in [0.15, 0.2) is 36.9 Å². The third-order valence-corrected chi connectivity index (χ3v) is 3.64. The molecule has 1 rings (SSSR count). The highest BCUT2D eigenvalue weighted by Gasteiger charge is 2.33. The molecule has 0 fully saturated rings. The molecule has 0 saturated carbocycles. The fraction of sp³-hybridized carbons (Fsp3) is 0.375. The number of rotatable bonds is 5. The van der Waals surface area contributed by atoms with Crippen molar-refractivity contribution in [1.82, 2.24) is 5.32 Å². The van der Waals surface area contributed by atoms with E-state index in [-0.39, 0.29) is 11.9 Å². The summed E-state index contributed by atoms with van der Waals surface area (Å²) in [4.78, 5) is 12.2. The van der Waals surface area contributed by atoms with Gasteiger partial charge in [-0.2, -0.15) is 5.26 Å². The molecule has 1 amide bonds. The van der Waals surface area contributed by atoms with Crippen LogP contribution in [0.3, 0.4) is 0 Å². The monoisotopic (exact) mass is 290 g/mol. The Bertz CT molecular complexity index is 528. The molecule has 20 heavy (non-hydrogen) atoms. The number of carbonyl (C=O) groups excluding carboxylic acids is 1. The normalized spacial score (nSPS) is 13.9. The Morgan fingerprint density at radius 3 is 2.45 bits per heavy atom. The lowest BCUT2D eigenvalue weighted by Gasteiger charge is -2.26. The number of hydrogen-bond acceptors (Lipinski definition) is 2. The first-order valence-electron chi connectivity index (χ1n) is 6.41. The minimum absolute atomic E-state index is 0.184. The number of halogens is 1. The first-order chi connectivity index (χ1) is 9.31. The van der Waals surface area contributed by atoms with Crippen molar-refractivity contribution in [1.29, 1.82) is 5.26 Å². The number of nitriles is 1. The maximum atomic E-state index is 12.2. The van der Waals surface area contributed by atoms with E-state index >= 15 is 0 Å². The van der Waals surface area contributed by atoms with E-state index in [2.05, 4.69) is 18.0 Å². The molecule has 0 aliphatic rings. The molecule has 1 aromatic rings. The van der Waals surface area contributed by atoms with Crippen LogP contribution in [0.25, 0.3) is 0 Å². The maximum absolute atomic E-state index is 12.2. The zero-order valence-electron chi connectivity index (χ0n) is 12.0. The van der Waals surface area contributed by atoms with E-state index in [1.165, 1.54) is 0 Å². The van der Waals surface area contributed by atoms with Gasteiger partial charge in [-0.1, -0.05) is 43.7 Å². The second kappa shape index (κ2) is 6.58. The van der Waals surface area contributed by atoms with Gasteiger partial charge in [-0.25, -0.2) is 0 Å². The van der Waals surface area contributed by atoms with E-state index in [0.29, 0.717) is 5.02 Å². The number of amides is 1. The van der Waals surface area contributed by atoms with Gasteiger partial charge >= 0.3 is 0 Å². The van der Waals surface area contributed by atoms with Crippen LogP contribution in [0.1, 0.15) is 32.4 Å². The summed E-state index contributed by atoms with van der Waals surface area (Å²) in [5.74, 6) is -1.06. The Kier molecular flexibility index (Phi) is 5.35. The van der Waals surface area contributed by atoms with Crippen LogP contribution < -0.4 is 5.32 Å². The smallest absolute Gasteiger partial charge is 0.238 e. The molecule has 0 saturated heterocycles. The van der Waals surface area contributed by atoms with E-state index in [0.717, 1.165) is 5.56 Å². The third kappa shape index (κ3) is 3.85. The summed E-state index contributed by atoms with van der Waals surface area (Å²) in [5, 5.41) is 12.7. The van der Waals surface area contributed by atoms with Crippen LogP contribution in [0.5, 0.6) is 0 Å². The lowest BCUT2D eigenvalue weighted by atomic mass is 9.79. The fourth-order valence-corrected chi connectivity index (χ4v) is 1.94. The van der Waals surface area contributed by atoms with Crippen molar-refractivity contribution >= 4 is 17.5 Å². The van der Waals surface area contributed by atoms with Crippen molar-refractivity contribution in [2.45, 2.75) is 26.8 Å². The second-order valence-electron chi connectivity index (χ2n) is 5.37. The Morgan fingerprint density at radius 1 is 1.45 bits per heavy atom. The van der Waals surface area contributed by atoms with E-state index in [1.54, 1.807) is 18.2 Å². The lowest BCUT2D eigenvalue weighted by Crippen LogP contribution is -2.38. The van der Waals surface area contributed by atoms with Crippen molar-refractivity contribution in [2.75, 3.05) is 0 Å². The van der Waals surface area contributed by atoms with Crippen LogP contribution in [0, 0.1) is 22.7 Å². The summed E-state index contributed by atoms with van der Waals surface area (Å²) in [7, 11) is 0. The first kappa shape index (κ1) is 16.3. The molecule has 0 aliphatic carbocycles. The van der Waals surface area contributed by atoms with Crippen molar-refractivity contribution < 1.29 is 4.79 Å². The number of benzene rings is 1. The van der Waals surface area contributed by atoms with Crippen LogP contribution in [-0.2, 0) is 4.79 Å². The van der Waals surface area contributed by atoms with Gasteiger partial charge in [0.05, 0.1) is 12.1 Å². The van der Waals surface area contributed by atoms with Gasteiger partial charge in [-0.3, -0.25) is 4.79 Å². The van der Waals surface area contributed by atoms with Crippen molar-refractivity contribution in [3.63, 3.8) is 0 Å². The van der Waals surface area contributed by atoms with Gasteiger partial charge in [-0.05, 0) is 24.6 Å². The summed E-state index contributed by atoms with van der Waals surface area (Å²) >= 11 is 5.83. The topological polar surface area (TPSA) is 52.9 Å². The minimum atomic E-state index is -0.769. The Labute approximate surface area is 125 Å². The molecule has 0 bridgehead atoms. The van der Waals surface area contributed by atoms with Crippen LogP contribution in [0.2, 0.25) is 5.02 Å². The molecule has 4 heteroatoms. The number of hydrogen-bond donors (Lipinski definition) is 1. The highest BCUT2D eigenvalue weighted by molar-refractivity contribution is 6.30. The summed E-state index contributed by atoms with van der Waals surface area (Å²) in [6.45, 7) is 9.20. The quantitative estimate of drug-likeness (QED) is 0.837. The van der Waals surface area contributed by atoms with Gasteiger partial charge in [0.25, 0.3) is 0 Å². The summed E-state index contributed by atoms with van der Waals surface area (Å²) in [6, 6.07) is 9.13. The largest absolute Gasteiger partial charge is 0.348 e. The van der Waals surface area contributed by atoms with E-state index < -0.39 is 11.3 Å². The third-order valence-electron chi connectivity index (χ3n) is 3.39. The van der Waals surface area contributed by atoms with Crippen LogP contribution in [0.4, 0.5) is 0 Å². The lowest BCUT2D eigenvalue weighted by molar-refractivity contribution is -0.126. The van der Waals surface area contributed by atoms with E-state index in [1.807, 2.05) is 32.9 Å². The second-order valence-corrected chi connectivity index (χ2v) is 5.81. The fourth-order valence-electron chi connectivity index (χ4n) is 1.81. The zero-order chi connectivity index (χ0) is 15.3. The van der Waals surface area contributed by atoms with E-state index in [9.17, 15) is 10.1 Å². The summed E-state index contributed by atoms with van der Waals surface area (Å²) in [6.07, 6.45) is 1.63. The standard InChI is InChI=1S/C16H19ClN2O/c1-5-16(3,4)14(10-18)15(20)19-11(2)12-6-8-13(17)9-7-12/h5-9,11,14H,1H2,2-4H3,(H,19,20). The predicted octanol–water partition coefficient (Wildman–Crippen LogP) is 3.87. The molecule has 0 spiro atoms. The number of nitrogens with one attached hydrogen (secondary N) is 1. The minimum Gasteiger partial charge on any atom is -0.348 e. The van der Waals surface area contributed by atoms with Crippen molar-refractivity contribution in [3.05, 3.63) is 47.5 Å². The molecule has 0 aliphatic heterocycles. The van der Waals surface area contributed by atoms with Gasteiger partial charge in [0.15, 0.2) is 0 Å². The number of nitrogens with zero attached hydrogens (tertiary/aromatic N) is 1. The molecule has 0 heterocycles. The molecule has 0 radical (unpaired) electrons. The molecule has 1 N–H and O–H groups in total. The molecular weight excluding hydrogens is 272 g/mol. The van der Waals surface area contributed by atoms with Gasteiger partial charge in [-0.15, -0.1) is 6.58 Å². The molecule has 1 aromatic carbocycles. The van der Waals surface area contributed by atoms with Crippen molar-refractivity contribution in [2.24, 2.45) is 11.3 Å². The summed E-state index contributed by atoms with van der Waals surface area (Å²) in [5.41, 5.74) is 0.370. The first-order valence-corrected chi connectivity index (χ1v) is 6.78. The van der Waals surface area contributed by atoms with Gasteiger partial charge in [0, 0.05) is 10.4 Å². The Balaban J connectivity index is 2.82. The summed E-state index contributed by atoms with van der Waals surface area (Å²) < 4.78 is 0. The van der Waals surface area contributed by atoms with Gasteiger partial charge in [0.1, 0.15) is 5.92 Å². The van der Waals surface area contributed by atoms with Crippen LogP contribution in [-0.4, -0.2) is 5.91 Å². The molecule has 2 unspecified atom stereocenters. The molecule has 2 atom stereocenters. The number of allylic oxidation sites excluding steroid dienone is 1. The predicted molar refractivity (Wildman–Crippen MR) is 81.1 cm³/mol. The molecule has 0 aromatic heterocycles.